The lowest BCUT2D eigenvalue weighted by Crippen LogP contribution is -2.54. The van der Waals surface area contributed by atoms with Gasteiger partial charge in [-0.1, -0.05) is 42.5 Å². The molecule has 1 aromatic heterocycles. The minimum absolute atomic E-state index is 0.0422. The van der Waals surface area contributed by atoms with Gasteiger partial charge in [0.25, 0.3) is 0 Å². The van der Waals surface area contributed by atoms with Crippen molar-refractivity contribution in [3.8, 4) is 5.75 Å². The Kier molecular flexibility index (Phi) is 9.94. The molecule has 0 aliphatic carbocycles. The average Bonchev–Trinajstić information content (AvgIpc) is 3.41. The van der Waals surface area contributed by atoms with E-state index in [2.05, 4.69) is 25.9 Å². The van der Waals surface area contributed by atoms with Crippen LogP contribution in [0.4, 0.5) is 0 Å². The Morgan fingerprint density at radius 2 is 1.53 bits per heavy atom. The highest BCUT2D eigenvalue weighted by Gasteiger charge is 2.26. The second-order valence-electron chi connectivity index (χ2n) is 8.69. The summed E-state index contributed by atoms with van der Waals surface area (Å²) in [6.07, 6.45) is 3.29. The molecule has 12 nitrogen and oxygen atoms in total. The molecule has 0 spiro atoms. The molecule has 3 atom stereocenters. The number of aromatic amines is 1. The van der Waals surface area contributed by atoms with Crippen molar-refractivity contribution in [1.29, 1.82) is 0 Å². The Balaban J connectivity index is 1.61. The van der Waals surface area contributed by atoms with Crippen molar-refractivity contribution in [3.63, 3.8) is 0 Å². The van der Waals surface area contributed by atoms with Crippen LogP contribution < -0.4 is 21.7 Å². The zero-order valence-electron chi connectivity index (χ0n) is 20.5. The van der Waals surface area contributed by atoms with E-state index in [9.17, 15) is 29.4 Å². The minimum Gasteiger partial charge on any atom is -0.508 e. The number of imidazole rings is 1. The molecule has 12 heteroatoms. The van der Waals surface area contributed by atoms with Crippen molar-refractivity contribution < 1.29 is 29.4 Å². The number of amides is 3. The number of aromatic nitrogens is 2. The highest BCUT2D eigenvalue weighted by Crippen LogP contribution is 2.12. The number of phenolic OH excluding ortho intramolecular Hbond substituents is 1. The molecule has 1 heterocycles. The smallest absolute Gasteiger partial charge is 0.326 e. The second-order valence-corrected chi connectivity index (χ2v) is 8.69. The van der Waals surface area contributed by atoms with Crippen molar-refractivity contribution in [2.24, 2.45) is 5.73 Å². The van der Waals surface area contributed by atoms with Crippen molar-refractivity contribution in [1.82, 2.24) is 25.9 Å². The minimum atomic E-state index is -1.21. The summed E-state index contributed by atoms with van der Waals surface area (Å²) in [5.41, 5.74) is 8.01. The van der Waals surface area contributed by atoms with E-state index in [0.29, 0.717) is 11.3 Å². The molecule has 0 radical (unpaired) electrons. The van der Waals surface area contributed by atoms with Crippen LogP contribution in [0.15, 0.2) is 67.1 Å². The molecule has 3 aromatic rings. The maximum Gasteiger partial charge on any atom is 0.326 e. The van der Waals surface area contributed by atoms with Crippen molar-refractivity contribution in [2.45, 2.75) is 37.4 Å². The molecule has 8 N–H and O–H groups in total. The van der Waals surface area contributed by atoms with Crippen LogP contribution in [0.2, 0.25) is 0 Å². The first kappa shape index (κ1) is 27.9. The molecule has 0 saturated heterocycles. The lowest BCUT2D eigenvalue weighted by atomic mass is 10.0. The lowest BCUT2D eigenvalue weighted by molar-refractivity contribution is -0.141. The topological polar surface area (TPSA) is 200 Å². The van der Waals surface area contributed by atoms with Crippen LogP contribution in [0.1, 0.15) is 16.8 Å². The monoisotopic (exact) mass is 522 g/mol. The first-order valence-electron chi connectivity index (χ1n) is 11.9. The number of nitrogens with two attached hydrogens (primary N) is 1. The molecule has 38 heavy (non-hydrogen) atoms. The maximum atomic E-state index is 13.0. The fourth-order valence-electron chi connectivity index (χ4n) is 3.67. The van der Waals surface area contributed by atoms with Gasteiger partial charge < -0.3 is 36.9 Å². The number of H-pyrrole nitrogens is 1. The Labute approximate surface area is 218 Å². The molecule has 200 valence electrons. The number of carbonyl (C=O) groups is 4. The molecule has 3 unspecified atom stereocenters. The number of nitrogens with zero attached hydrogens (tertiary/aromatic N) is 1. The van der Waals surface area contributed by atoms with Crippen LogP contribution in [0.25, 0.3) is 0 Å². The molecule has 0 fully saturated rings. The van der Waals surface area contributed by atoms with E-state index < -0.39 is 48.4 Å². The first-order chi connectivity index (χ1) is 18.2. The van der Waals surface area contributed by atoms with E-state index in [1.54, 1.807) is 42.5 Å². The number of carboxylic acids is 1. The van der Waals surface area contributed by atoms with Crippen molar-refractivity contribution >= 4 is 23.7 Å². The van der Waals surface area contributed by atoms with E-state index in [0.717, 1.165) is 5.56 Å². The Bertz CT molecular complexity index is 1220. The Hall–Kier alpha value is -4.71. The normalized spacial score (nSPS) is 13.1. The summed E-state index contributed by atoms with van der Waals surface area (Å²) in [7, 11) is 0. The largest absolute Gasteiger partial charge is 0.508 e. The van der Waals surface area contributed by atoms with E-state index in [4.69, 9.17) is 5.73 Å². The summed E-state index contributed by atoms with van der Waals surface area (Å²) in [5, 5.41) is 26.5. The molecule has 0 saturated carbocycles. The van der Waals surface area contributed by atoms with E-state index >= 15 is 0 Å². The van der Waals surface area contributed by atoms with Crippen LogP contribution >= 0.6 is 0 Å². The zero-order valence-corrected chi connectivity index (χ0v) is 20.5. The lowest BCUT2D eigenvalue weighted by Gasteiger charge is -2.21. The molecule has 0 aliphatic rings. The molecule has 2 aromatic carbocycles. The van der Waals surface area contributed by atoms with Crippen molar-refractivity contribution in [3.05, 3.63) is 83.9 Å². The van der Waals surface area contributed by atoms with Gasteiger partial charge in [-0.05, 0) is 23.3 Å². The Morgan fingerprint density at radius 1 is 0.868 bits per heavy atom. The van der Waals surface area contributed by atoms with Gasteiger partial charge in [-0.2, -0.15) is 0 Å². The summed E-state index contributed by atoms with van der Waals surface area (Å²) < 4.78 is 0. The van der Waals surface area contributed by atoms with Gasteiger partial charge in [-0.25, -0.2) is 9.78 Å². The number of aromatic hydroxyl groups is 1. The van der Waals surface area contributed by atoms with Crippen LogP contribution in [0, 0.1) is 0 Å². The highest BCUT2D eigenvalue weighted by atomic mass is 16.4. The van der Waals surface area contributed by atoms with Gasteiger partial charge in [-0.15, -0.1) is 0 Å². The predicted octanol–water partition coefficient (Wildman–Crippen LogP) is -0.359. The van der Waals surface area contributed by atoms with Gasteiger partial charge in [0.05, 0.1) is 18.9 Å². The fraction of sp³-hybridized carbons (Fsp3) is 0.269. The SMILES string of the molecule is NC(Cc1cnc[nH]1)C(=O)NC(Cc1ccc(O)cc1)C(=O)NCC(=O)NC(Cc1ccccc1)C(=O)O. The summed E-state index contributed by atoms with van der Waals surface area (Å²) in [4.78, 5) is 56.5. The summed E-state index contributed by atoms with van der Waals surface area (Å²) in [5.74, 6) is -3.12. The highest BCUT2D eigenvalue weighted by molar-refractivity contribution is 5.92. The number of nitrogens with one attached hydrogen (secondary N) is 4. The number of benzene rings is 2. The average molecular weight is 523 g/mol. The van der Waals surface area contributed by atoms with Crippen LogP contribution in [-0.4, -0.2) is 68.5 Å². The van der Waals surface area contributed by atoms with Gasteiger partial charge in [0.2, 0.25) is 17.7 Å². The van der Waals surface area contributed by atoms with Crippen LogP contribution in [0.3, 0.4) is 0 Å². The van der Waals surface area contributed by atoms with E-state index in [1.165, 1.54) is 24.7 Å². The molecule has 0 aliphatic heterocycles. The standard InChI is InChI=1S/C26H30N6O6/c27-20(12-18-13-28-15-30-18)24(35)32-21(10-17-6-8-19(33)9-7-17)25(36)29-14-23(34)31-22(26(37)38)11-16-4-2-1-3-5-16/h1-9,13,15,20-22,33H,10-12,14,27H2,(H,28,30)(H,29,36)(H,31,34)(H,32,35)(H,37,38). The molecular formula is C26H30N6O6. The predicted molar refractivity (Wildman–Crippen MR) is 137 cm³/mol. The maximum absolute atomic E-state index is 13.0. The molecule has 3 amide bonds. The third kappa shape index (κ3) is 8.75. The molecule has 0 bridgehead atoms. The third-order valence-corrected chi connectivity index (χ3v) is 5.68. The summed E-state index contributed by atoms with van der Waals surface area (Å²) >= 11 is 0. The van der Waals surface area contributed by atoms with E-state index in [1.807, 2.05) is 0 Å². The van der Waals surface area contributed by atoms with Crippen LogP contribution in [-0.2, 0) is 38.4 Å². The van der Waals surface area contributed by atoms with E-state index in [-0.39, 0.29) is 25.0 Å². The van der Waals surface area contributed by atoms with Crippen LogP contribution in [0.5, 0.6) is 5.75 Å². The second kappa shape index (κ2) is 13.6. The first-order valence-corrected chi connectivity index (χ1v) is 11.9. The molecular weight excluding hydrogens is 492 g/mol. The van der Waals surface area contributed by atoms with Gasteiger partial charge in [-0.3, -0.25) is 14.4 Å². The molecule has 3 rings (SSSR count). The summed E-state index contributed by atoms with van der Waals surface area (Å²) in [6.45, 7) is -0.500. The quantitative estimate of drug-likeness (QED) is 0.158. The number of rotatable bonds is 13. The summed E-state index contributed by atoms with van der Waals surface area (Å²) in [6, 6.07) is 11.7. The van der Waals surface area contributed by atoms with Gasteiger partial charge in [0.15, 0.2) is 0 Å². The Morgan fingerprint density at radius 3 is 2.16 bits per heavy atom. The number of phenols is 1. The van der Waals surface area contributed by atoms with Gasteiger partial charge in [0.1, 0.15) is 17.8 Å². The number of carboxylic acid groups (broad SMARTS) is 1. The fourth-order valence-corrected chi connectivity index (χ4v) is 3.67. The number of hydrogen-bond donors (Lipinski definition) is 7. The number of carbonyl (C=O) groups excluding carboxylic acids is 3. The third-order valence-electron chi connectivity index (χ3n) is 5.68. The van der Waals surface area contributed by atoms with Gasteiger partial charge >= 0.3 is 5.97 Å². The van der Waals surface area contributed by atoms with Crippen molar-refractivity contribution in [2.75, 3.05) is 6.54 Å². The number of hydrogen-bond acceptors (Lipinski definition) is 7. The zero-order chi connectivity index (χ0) is 27.5. The number of aliphatic carboxylic acids is 1. The van der Waals surface area contributed by atoms with Gasteiger partial charge in [0, 0.05) is 31.2 Å².